The van der Waals surface area contributed by atoms with Crippen LogP contribution in [0, 0.1) is 0 Å². The summed E-state index contributed by atoms with van der Waals surface area (Å²) >= 11 is 0. The predicted molar refractivity (Wildman–Crippen MR) is 129 cm³/mol. The lowest BCUT2D eigenvalue weighted by Crippen LogP contribution is -2.50. The largest absolute Gasteiger partial charge is 0.493 e. The van der Waals surface area contributed by atoms with E-state index in [2.05, 4.69) is 51.2 Å². The first-order chi connectivity index (χ1) is 16.0. The fraction of sp³-hybridized carbons (Fsp3) is 0.375. The lowest BCUT2D eigenvalue weighted by atomic mass is 10.2. The quantitative estimate of drug-likeness (QED) is 0.582. The van der Waals surface area contributed by atoms with Gasteiger partial charge >= 0.3 is 0 Å². The molecule has 0 spiro atoms. The van der Waals surface area contributed by atoms with E-state index < -0.39 is 0 Å². The summed E-state index contributed by atoms with van der Waals surface area (Å²) in [5, 5.41) is 3.22. The van der Waals surface area contributed by atoms with Gasteiger partial charge in [-0.15, -0.1) is 0 Å². The predicted octanol–water partition coefficient (Wildman–Crippen LogP) is 3.45. The molecule has 1 saturated heterocycles. The summed E-state index contributed by atoms with van der Waals surface area (Å²) in [7, 11) is 6.90. The lowest BCUT2D eigenvalue weighted by molar-refractivity contribution is 0.233. The first kappa shape index (κ1) is 22.6. The van der Waals surface area contributed by atoms with Gasteiger partial charge in [0, 0.05) is 61.5 Å². The topological polar surface area (TPSA) is 84.9 Å². The molecule has 9 nitrogen and oxygen atoms in total. The Hall–Kier alpha value is -3.59. The third-order valence-corrected chi connectivity index (χ3v) is 5.90. The number of nitrogens with one attached hydrogen (secondary N) is 1. The number of hydrogen-bond donors (Lipinski definition) is 1. The summed E-state index contributed by atoms with van der Waals surface area (Å²) < 4.78 is 16.2. The molecule has 1 N–H and O–H groups in total. The molecule has 1 aliphatic rings. The van der Waals surface area contributed by atoms with Crippen molar-refractivity contribution < 1.29 is 14.2 Å². The number of hydrogen-bond acceptors (Lipinski definition) is 9. The molecule has 1 atom stereocenters. The molecule has 3 heterocycles. The van der Waals surface area contributed by atoms with E-state index in [1.807, 2.05) is 24.4 Å². The SMILES string of the molecule is COc1cc(Nc2nccc(-c3ccc(N4CCN(C)[C@H](C)C4)nc3)n2)cc(OC)c1OC. The Kier molecular flexibility index (Phi) is 6.79. The molecule has 4 rings (SSSR count). The van der Waals surface area contributed by atoms with Gasteiger partial charge in [-0.2, -0.15) is 0 Å². The van der Waals surface area contributed by atoms with Crippen LogP contribution in [0.5, 0.6) is 17.2 Å². The number of methoxy groups -OCH3 is 3. The Balaban J connectivity index is 1.53. The average molecular weight is 451 g/mol. The van der Waals surface area contributed by atoms with Crippen molar-refractivity contribution in [2.24, 2.45) is 0 Å². The second-order valence-corrected chi connectivity index (χ2v) is 7.99. The molecule has 1 aromatic carbocycles. The van der Waals surface area contributed by atoms with Gasteiger partial charge in [0.05, 0.1) is 27.0 Å². The molecular formula is C24H30N6O3. The van der Waals surface area contributed by atoms with Crippen LogP contribution < -0.4 is 24.4 Å². The van der Waals surface area contributed by atoms with Gasteiger partial charge in [-0.3, -0.25) is 0 Å². The molecule has 33 heavy (non-hydrogen) atoms. The van der Waals surface area contributed by atoms with E-state index in [4.69, 9.17) is 19.2 Å². The summed E-state index contributed by atoms with van der Waals surface area (Å²) in [5.41, 5.74) is 2.43. The zero-order valence-electron chi connectivity index (χ0n) is 19.7. The molecule has 9 heteroatoms. The monoisotopic (exact) mass is 450 g/mol. The van der Waals surface area contributed by atoms with Crippen LogP contribution in [-0.4, -0.2) is 73.9 Å². The fourth-order valence-corrected chi connectivity index (χ4v) is 3.84. The van der Waals surface area contributed by atoms with Crippen molar-refractivity contribution in [3.05, 3.63) is 42.7 Å². The first-order valence-electron chi connectivity index (χ1n) is 10.8. The van der Waals surface area contributed by atoms with Crippen molar-refractivity contribution in [1.82, 2.24) is 19.9 Å². The van der Waals surface area contributed by atoms with Gasteiger partial charge in [-0.05, 0) is 32.2 Å². The summed E-state index contributed by atoms with van der Waals surface area (Å²) in [6.45, 7) is 5.22. The zero-order chi connectivity index (χ0) is 23.4. The van der Waals surface area contributed by atoms with E-state index in [1.165, 1.54) is 0 Å². The third kappa shape index (κ3) is 4.93. The smallest absolute Gasteiger partial charge is 0.227 e. The molecule has 0 bridgehead atoms. The molecule has 3 aromatic rings. The zero-order valence-corrected chi connectivity index (χ0v) is 19.7. The van der Waals surface area contributed by atoms with Gasteiger partial charge in [-0.1, -0.05) is 0 Å². The maximum atomic E-state index is 5.42. The highest BCUT2D eigenvalue weighted by Gasteiger charge is 2.21. The average Bonchev–Trinajstić information content (AvgIpc) is 2.85. The van der Waals surface area contributed by atoms with Crippen LogP contribution in [0.1, 0.15) is 6.92 Å². The number of benzene rings is 1. The Morgan fingerprint density at radius 3 is 2.33 bits per heavy atom. The van der Waals surface area contributed by atoms with Crippen LogP contribution in [-0.2, 0) is 0 Å². The molecule has 0 saturated carbocycles. The third-order valence-electron chi connectivity index (χ3n) is 5.90. The van der Waals surface area contributed by atoms with E-state index in [9.17, 15) is 0 Å². The van der Waals surface area contributed by atoms with Crippen LogP contribution in [0.15, 0.2) is 42.7 Å². The molecular weight excluding hydrogens is 420 g/mol. The number of aromatic nitrogens is 3. The first-order valence-corrected chi connectivity index (χ1v) is 10.8. The Morgan fingerprint density at radius 1 is 0.970 bits per heavy atom. The molecule has 1 aliphatic heterocycles. The Bertz CT molecular complexity index is 1070. The van der Waals surface area contributed by atoms with Crippen LogP contribution in [0.3, 0.4) is 0 Å². The van der Waals surface area contributed by atoms with Gasteiger partial charge in [0.25, 0.3) is 0 Å². The normalized spacial score (nSPS) is 16.4. The number of ether oxygens (including phenoxy) is 3. The number of piperazine rings is 1. The van der Waals surface area contributed by atoms with Crippen molar-refractivity contribution >= 4 is 17.5 Å². The Morgan fingerprint density at radius 2 is 1.73 bits per heavy atom. The van der Waals surface area contributed by atoms with E-state index in [0.29, 0.717) is 29.2 Å². The highest BCUT2D eigenvalue weighted by molar-refractivity contribution is 5.67. The minimum absolute atomic E-state index is 0.457. The van der Waals surface area contributed by atoms with Gasteiger partial charge in [-0.25, -0.2) is 15.0 Å². The van der Waals surface area contributed by atoms with E-state index in [0.717, 1.165) is 42.4 Å². The van der Waals surface area contributed by atoms with Crippen molar-refractivity contribution in [1.29, 1.82) is 0 Å². The van der Waals surface area contributed by atoms with Crippen LogP contribution >= 0.6 is 0 Å². The van der Waals surface area contributed by atoms with Gasteiger partial charge in [0.2, 0.25) is 11.7 Å². The molecule has 174 valence electrons. The van der Waals surface area contributed by atoms with Crippen molar-refractivity contribution in [2.75, 3.05) is 58.2 Å². The summed E-state index contributed by atoms with van der Waals surface area (Å²) in [6.07, 6.45) is 3.59. The number of nitrogens with zero attached hydrogens (tertiary/aromatic N) is 5. The number of rotatable bonds is 7. The molecule has 0 radical (unpaired) electrons. The van der Waals surface area contributed by atoms with E-state index in [-0.39, 0.29) is 0 Å². The second kappa shape index (κ2) is 9.91. The minimum atomic E-state index is 0.457. The van der Waals surface area contributed by atoms with Gasteiger partial charge in [0.15, 0.2) is 11.5 Å². The van der Waals surface area contributed by atoms with Gasteiger partial charge < -0.3 is 29.3 Å². The van der Waals surface area contributed by atoms with E-state index in [1.54, 1.807) is 27.5 Å². The van der Waals surface area contributed by atoms with Crippen LogP contribution in [0.2, 0.25) is 0 Å². The van der Waals surface area contributed by atoms with Crippen LogP contribution in [0.25, 0.3) is 11.3 Å². The van der Waals surface area contributed by atoms with E-state index >= 15 is 0 Å². The van der Waals surface area contributed by atoms with Crippen molar-refractivity contribution in [3.63, 3.8) is 0 Å². The molecule has 1 fully saturated rings. The standard InChI is InChI=1S/C24H30N6O3/c1-16-15-30(11-10-29(16)2)22-7-6-17(14-26-22)19-8-9-25-24(28-19)27-18-12-20(31-3)23(33-5)21(13-18)32-4/h6-9,12-14,16H,10-11,15H2,1-5H3,(H,25,27,28)/t16-/m1/s1. The van der Waals surface area contributed by atoms with Crippen molar-refractivity contribution in [3.8, 4) is 28.5 Å². The van der Waals surface area contributed by atoms with Crippen molar-refractivity contribution in [2.45, 2.75) is 13.0 Å². The second-order valence-electron chi connectivity index (χ2n) is 7.99. The minimum Gasteiger partial charge on any atom is -0.493 e. The molecule has 0 aliphatic carbocycles. The molecule has 0 amide bonds. The summed E-state index contributed by atoms with van der Waals surface area (Å²) in [4.78, 5) is 18.4. The summed E-state index contributed by atoms with van der Waals surface area (Å²) in [5.74, 6) is 3.07. The molecule has 2 aromatic heterocycles. The highest BCUT2D eigenvalue weighted by atomic mass is 16.5. The van der Waals surface area contributed by atoms with Gasteiger partial charge in [0.1, 0.15) is 5.82 Å². The maximum Gasteiger partial charge on any atom is 0.227 e. The number of pyridine rings is 1. The maximum absolute atomic E-state index is 5.42. The Labute approximate surface area is 194 Å². The number of likely N-dealkylation sites (N-methyl/N-ethyl adjacent to an activating group) is 1. The number of anilines is 3. The summed E-state index contributed by atoms with van der Waals surface area (Å²) in [6, 6.07) is 10.1. The highest BCUT2D eigenvalue weighted by Crippen LogP contribution is 2.40. The van der Waals surface area contributed by atoms with Crippen LogP contribution in [0.4, 0.5) is 17.5 Å². The molecule has 0 unspecified atom stereocenters. The lowest BCUT2D eigenvalue weighted by Gasteiger charge is -2.38. The fourth-order valence-electron chi connectivity index (χ4n) is 3.84.